The first-order valence-corrected chi connectivity index (χ1v) is 9.01. The van der Waals surface area contributed by atoms with E-state index in [1.54, 1.807) is 17.0 Å². The minimum absolute atomic E-state index is 0.0494. The molecule has 126 valence electrons. The predicted molar refractivity (Wildman–Crippen MR) is 92.4 cm³/mol. The number of carbonyl (C=O) groups excluding carboxylic acids is 1. The monoisotopic (exact) mass is 335 g/mol. The van der Waals surface area contributed by atoms with Crippen molar-refractivity contribution in [2.75, 3.05) is 0 Å². The third-order valence-corrected chi connectivity index (χ3v) is 4.69. The van der Waals surface area contributed by atoms with Crippen molar-refractivity contribution in [1.29, 1.82) is 0 Å². The van der Waals surface area contributed by atoms with Crippen LogP contribution in [0, 0.1) is 0 Å². The van der Waals surface area contributed by atoms with E-state index < -0.39 is 6.10 Å². The van der Waals surface area contributed by atoms with E-state index in [-0.39, 0.29) is 18.5 Å². The molecule has 23 heavy (non-hydrogen) atoms. The summed E-state index contributed by atoms with van der Waals surface area (Å²) < 4.78 is 1.71. The Labute approximate surface area is 141 Å². The molecule has 0 aliphatic heterocycles. The number of imidazole rings is 1. The van der Waals surface area contributed by atoms with Crippen LogP contribution in [0.25, 0.3) is 0 Å². The molecule has 0 spiro atoms. The number of aromatic nitrogens is 2. The second-order valence-electron chi connectivity index (χ2n) is 5.80. The molecule has 2 aromatic rings. The van der Waals surface area contributed by atoms with Crippen LogP contribution in [0.2, 0.25) is 0 Å². The van der Waals surface area contributed by atoms with Crippen molar-refractivity contribution in [3.63, 3.8) is 0 Å². The first-order chi connectivity index (χ1) is 11.1. The lowest BCUT2D eigenvalue weighted by Crippen LogP contribution is -2.35. The van der Waals surface area contributed by atoms with Gasteiger partial charge in [-0.25, -0.2) is 4.98 Å². The second-order valence-corrected chi connectivity index (χ2v) is 6.77. The van der Waals surface area contributed by atoms with Crippen molar-refractivity contribution in [2.45, 2.75) is 58.2 Å². The molecule has 2 rings (SSSR count). The van der Waals surface area contributed by atoms with E-state index in [9.17, 15) is 9.90 Å². The molecule has 1 amide bonds. The standard InChI is InChI=1S/C17H25N3O2S/c1-3-4-5-7-13(2)19-15(21)12-20-10-9-18-17(20)16(22)14-8-6-11-23-14/h6,8-11,13,16,22H,3-5,7,12H2,1-2H3,(H,19,21)/t13-,16+/m1/s1. The quantitative estimate of drug-likeness (QED) is 0.692. The Bertz CT molecular complexity index is 595. The Morgan fingerprint density at radius 2 is 2.30 bits per heavy atom. The van der Waals surface area contributed by atoms with Gasteiger partial charge in [0.15, 0.2) is 0 Å². The van der Waals surface area contributed by atoms with E-state index in [1.807, 2.05) is 24.4 Å². The van der Waals surface area contributed by atoms with E-state index in [4.69, 9.17) is 0 Å². The number of nitrogens with one attached hydrogen (secondary N) is 1. The van der Waals surface area contributed by atoms with Crippen molar-refractivity contribution < 1.29 is 9.90 Å². The van der Waals surface area contributed by atoms with Gasteiger partial charge in [0.1, 0.15) is 18.5 Å². The number of hydrogen-bond acceptors (Lipinski definition) is 4. The zero-order valence-corrected chi connectivity index (χ0v) is 14.6. The van der Waals surface area contributed by atoms with Crippen LogP contribution in [0.4, 0.5) is 0 Å². The van der Waals surface area contributed by atoms with Crippen molar-refractivity contribution in [1.82, 2.24) is 14.9 Å². The molecule has 0 radical (unpaired) electrons. The molecule has 0 saturated carbocycles. The molecule has 0 unspecified atom stereocenters. The normalized spacial score (nSPS) is 13.7. The maximum atomic E-state index is 12.2. The Morgan fingerprint density at radius 1 is 1.48 bits per heavy atom. The zero-order valence-electron chi connectivity index (χ0n) is 13.7. The summed E-state index contributed by atoms with van der Waals surface area (Å²) in [6, 6.07) is 3.93. The Kier molecular flexibility index (Phi) is 6.80. The van der Waals surface area contributed by atoms with Crippen molar-refractivity contribution >= 4 is 17.2 Å². The van der Waals surface area contributed by atoms with Gasteiger partial charge < -0.3 is 15.0 Å². The van der Waals surface area contributed by atoms with Crippen molar-refractivity contribution in [3.8, 4) is 0 Å². The summed E-state index contributed by atoms with van der Waals surface area (Å²) in [5.74, 6) is 0.452. The summed E-state index contributed by atoms with van der Waals surface area (Å²) in [6.45, 7) is 4.38. The number of carbonyl (C=O) groups is 1. The number of amides is 1. The number of nitrogens with zero attached hydrogens (tertiary/aromatic N) is 2. The summed E-state index contributed by atoms with van der Waals surface area (Å²) in [5, 5.41) is 15.3. The SMILES string of the molecule is CCCCC[C@@H](C)NC(=O)Cn1ccnc1[C@@H](O)c1cccs1. The topological polar surface area (TPSA) is 67.2 Å². The summed E-state index contributed by atoms with van der Waals surface area (Å²) in [4.78, 5) is 17.2. The minimum atomic E-state index is -0.792. The Hall–Kier alpha value is -1.66. The molecular weight excluding hydrogens is 310 g/mol. The third-order valence-electron chi connectivity index (χ3n) is 3.77. The van der Waals surface area contributed by atoms with Crippen LogP contribution in [0.3, 0.4) is 0 Å². The molecule has 2 heterocycles. The average Bonchev–Trinajstić information content (AvgIpc) is 3.18. The average molecular weight is 335 g/mol. The van der Waals surface area contributed by atoms with Gasteiger partial charge in [-0.3, -0.25) is 4.79 Å². The molecule has 2 atom stereocenters. The molecule has 0 aromatic carbocycles. The lowest BCUT2D eigenvalue weighted by atomic mass is 10.1. The number of unbranched alkanes of at least 4 members (excludes halogenated alkanes) is 2. The zero-order chi connectivity index (χ0) is 16.7. The Morgan fingerprint density at radius 3 is 3.00 bits per heavy atom. The van der Waals surface area contributed by atoms with E-state index >= 15 is 0 Å². The fourth-order valence-electron chi connectivity index (χ4n) is 2.52. The van der Waals surface area contributed by atoms with Crippen LogP contribution >= 0.6 is 11.3 Å². The van der Waals surface area contributed by atoms with E-state index in [1.165, 1.54) is 24.2 Å². The first kappa shape index (κ1) is 17.7. The van der Waals surface area contributed by atoms with Gasteiger partial charge in [-0.2, -0.15) is 0 Å². The largest absolute Gasteiger partial charge is 0.380 e. The molecule has 2 aromatic heterocycles. The van der Waals surface area contributed by atoms with Gasteiger partial charge in [-0.1, -0.05) is 32.3 Å². The molecule has 0 saturated heterocycles. The van der Waals surface area contributed by atoms with Crippen LogP contribution in [-0.4, -0.2) is 26.6 Å². The maximum absolute atomic E-state index is 12.2. The second kappa shape index (κ2) is 8.84. The number of rotatable bonds is 9. The molecule has 2 N–H and O–H groups in total. The Balaban J connectivity index is 1.91. The van der Waals surface area contributed by atoms with Crippen molar-refractivity contribution in [2.24, 2.45) is 0 Å². The van der Waals surface area contributed by atoms with Gasteiger partial charge >= 0.3 is 0 Å². The highest BCUT2D eigenvalue weighted by atomic mass is 32.1. The van der Waals surface area contributed by atoms with Crippen LogP contribution < -0.4 is 5.32 Å². The molecule has 0 aliphatic rings. The maximum Gasteiger partial charge on any atom is 0.240 e. The number of aliphatic hydroxyl groups excluding tert-OH is 1. The minimum Gasteiger partial charge on any atom is -0.380 e. The van der Waals surface area contributed by atoms with Crippen LogP contribution in [0.5, 0.6) is 0 Å². The smallest absolute Gasteiger partial charge is 0.240 e. The summed E-state index contributed by atoms with van der Waals surface area (Å²) in [6.07, 6.45) is 7.05. The first-order valence-electron chi connectivity index (χ1n) is 8.13. The van der Waals surface area contributed by atoms with Crippen LogP contribution in [0.15, 0.2) is 29.9 Å². The summed E-state index contributed by atoms with van der Waals surface area (Å²) >= 11 is 1.47. The highest BCUT2D eigenvalue weighted by Crippen LogP contribution is 2.24. The molecule has 0 aliphatic carbocycles. The molecule has 6 heteroatoms. The fourth-order valence-corrected chi connectivity index (χ4v) is 3.23. The van der Waals surface area contributed by atoms with Gasteiger partial charge in [-0.05, 0) is 24.8 Å². The van der Waals surface area contributed by atoms with Gasteiger partial charge in [0.25, 0.3) is 0 Å². The van der Waals surface area contributed by atoms with Crippen molar-refractivity contribution in [3.05, 3.63) is 40.6 Å². The summed E-state index contributed by atoms with van der Waals surface area (Å²) in [5.41, 5.74) is 0. The van der Waals surface area contributed by atoms with E-state index in [0.717, 1.165) is 17.7 Å². The highest BCUT2D eigenvalue weighted by Gasteiger charge is 2.18. The molecule has 0 bridgehead atoms. The molecule has 0 fully saturated rings. The molecule has 5 nitrogen and oxygen atoms in total. The predicted octanol–water partition coefficient (Wildman–Crippen LogP) is 3.11. The highest BCUT2D eigenvalue weighted by molar-refractivity contribution is 7.10. The van der Waals surface area contributed by atoms with E-state index in [2.05, 4.69) is 17.2 Å². The van der Waals surface area contributed by atoms with Crippen LogP contribution in [0.1, 0.15) is 56.3 Å². The van der Waals surface area contributed by atoms with Gasteiger partial charge in [0.2, 0.25) is 5.91 Å². The van der Waals surface area contributed by atoms with Gasteiger partial charge in [0, 0.05) is 23.3 Å². The lowest BCUT2D eigenvalue weighted by molar-refractivity contribution is -0.122. The van der Waals surface area contributed by atoms with Gasteiger partial charge in [0.05, 0.1) is 0 Å². The fraction of sp³-hybridized carbons (Fsp3) is 0.529. The van der Waals surface area contributed by atoms with Gasteiger partial charge in [-0.15, -0.1) is 11.3 Å². The third kappa shape index (κ3) is 5.18. The van der Waals surface area contributed by atoms with E-state index in [0.29, 0.717) is 5.82 Å². The number of thiophene rings is 1. The lowest BCUT2D eigenvalue weighted by Gasteiger charge is -2.16. The molecular formula is C17H25N3O2S. The summed E-state index contributed by atoms with van der Waals surface area (Å²) in [7, 11) is 0. The number of hydrogen-bond donors (Lipinski definition) is 2. The van der Waals surface area contributed by atoms with Crippen LogP contribution in [-0.2, 0) is 11.3 Å². The number of aliphatic hydroxyl groups is 1.